The highest BCUT2D eigenvalue weighted by Gasteiger charge is 2.09. The average molecular weight is 230 g/mol. The number of pyridine rings is 2. The fourth-order valence-electron chi connectivity index (χ4n) is 1.26. The zero-order valence-corrected chi connectivity index (χ0v) is 8.81. The van der Waals surface area contributed by atoms with Gasteiger partial charge in [-0.3, -0.25) is 9.59 Å². The number of carbonyl (C=O) groups is 1. The summed E-state index contributed by atoms with van der Waals surface area (Å²) in [6, 6.07) is 4.45. The number of nitrogens with one attached hydrogen (secondary N) is 2. The first kappa shape index (κ1) is 10.9. The van der Waals surface area contributed by atoms with E-state index in [9.17, 15) is 9.59 Å². The van der Waals surface area contributed by atoms with Crippen molar-refractivity contribution in [1.29, 1.82) is 0 Å². The summed E-state index contributed by atoms with van der Waals surface area (Å²) in [5.41, 5.74) is 5.65. The molecule has 2 aromatic rings. The Bertz CT molecular complexity index is 589. The number of hydrogen-bond acceptors (Lipinski definition) is 4. The van der Waals surface area contributed by atoms with Gasteiger partial charge in [-0.2, -0.15) is 0 Å². The van der Waals surface area contributed by atoms with Crippen molar-refractivity contribution in [3.05, 3.63) is 52.6 Å². The molecule has 0 atom stereocenters. The Morgan fingerprint density at radius 3 is 2.82 bits per heavy atom. The quantitative estimate of drug-likeness (QED) is 0.703. The molecule has 0 aromatic carbocycles. The summed E-state index contributed by atoms with van der Waals surface area (Å²) in [4.78, 5) is 29.7. The lowest BCUT2D eigenvalue weighted by Crippen LogP contribution is -2.21. The van der Waals surface area contributed by atoms with Crippen molar-refractivity contribution in [3.63, 3.8) is 0 Å². The zero-order valence-electron chi connectivity index (χ0n) is 8.81. The summed E-state index contributed by atoms with van der Waals surface area (Å²) in [6.07, 6.45) is 4.22. The molecular weight excluding hydrogens is 220 g/mol. The molecule has 0 fully saturated rings. The number of nitrogens with zero attached hydrogens (tertiary/aromatic N) is 1. The van der Waals surface area contributed by atoms with Crippen LogP contribution < -0.4 is 16.5 Å². The van der Waals surface area contributed by atoms with Gasteiger partial charge < -0.3 is 16.0 Å². The molecule has 2 heterocycles. The van der Waals surface area contributed by atoms with Crippen LogP contribution in [0.3, 0.4) is 0 Å². The number of hydrogen-bond donors (Lipinski definition) is 3. The lowest BCUT2D eigenvalue weighted by molar-refractivity contribution is 0.102. The molecule has 6 heteroatoms. The number of nitrogens with two attached hydrogens (primary N) is 1. The first-order valence-corrected chi connectivity index (χ1v) is 4.87. The van der Waals surface area contributed by atoms with E-state index < -0.39 is 5.91 Å². The van der Waals surface area contributed by atoms with Crippen LogP contribution in [0.1, 0.15) is 10.4 Å². The predicted octanol–water partition coefficient (Wildman–Crippen LogP) is 0.604. The van der Waals surface area contributed by atoms with E-state index in [1.165, 1.54) is 24.7 Å². The monoisotopic (exact) mass is 230 g/mol. The van der Waals surface area contributed by atoms with Crippen LogP contribution in [0.4, 0.5) is 11.5 Å². The standard InChI is InChI=1S/C11H10N4O2/c12-7-1-2-10(14-5-7)15-11(17)8-6-13-4-3-9(8)16/h1-6H,12H2,(H,13,16)(H,14,15,17). The van der Waals surface area contributed by atoms with E-state index in [1.807, 2.05) is 0 Å². The van der Waals surface area contributed by atoms with Crippen LogP contribution in [-0.4, -0.2) is 15.9 Å². The summed E-state index contributed by atoms with van der Waals surface area (Å²) in [7, 11) is 0. The minimum atomic E-state index is -0.510. The second-order valence-corrected chi connectivity index (χ2v) is 3.35. The molecule has 0 spiro atoms. The van der Waals surface area contributed by atoms with Crippen LogP contribution >= 0.6 is 0 Å². The van der Waals surface area contributed by atoms with E-state index in [0.717, 1.165) is 0 Å². The number of aromatic nitrogens is 2. The summed E-state index contributed by atoms with van der Waals surface area (Å²) in [5.74, 6) is -0.170. The molecule has 0 radical (unpaired) electrons. The van der Waals surface area contributed by atoms with E-state index in [0.29, 0.717) is 11.5 Å². The number of carbonyl (C=O) groups excluding carboxylic acids is 1. The molecule has 0 saturated heterocycles. The molecule has 6 nitrogen and oxygen atoms in total. The summed E-state index contributed by atoms with van der Waals surface area (Å²) >= 11 is 0. The van der Waals surface area contributed by atoms with E-state index in [4.69, 9.17) is 5.73 Å². The maximum atomic E-state index is 11.7. The molecule has 4 N–H and O–H groups in total. The molecule has 17 heavy (non-hydrogen) atoms. The zero-order chi connectivity index (χ0) is 12.3. The molecule has 2 aromatic heterocycles. The van der Waals surface area contributed by atoms with Crippen molar-refractivity contribution in [2.24, 2.45) is 0 Å². The van der Waals surface area contributed by atoms with Crippen molar-refractivity contribution in [1.82, 2.24) is 9.97 Å². The Morgan fingerprint density at radius 2 is 2.18 bits per heavy atom. The molecule has 0 bridgehead atoms. The summed E-state index contributed by atoms with van der Waals surface area (Å²) < 4.78 is 0. The summed E-state index contributed by atoms with van der Waals surface area (Å²) in [6.45, 7) is 0. The van der Waals surface area contributed by atoms with Crippen molar-refractivity contribution < 1.29 is 4.79 Å². The predicted molar refractivity (Wildman–Crippen MR) is 63.7 cm³/mol. The van der Waals surface area contributed by atoms with Gasteiger partial charge in [0.25, 0.3) is 5.91 Å². The Morgan fingerprint density at radius 1 is 1.35 bits per heavy atom. The second kappa shape index (κ2) is 4.48. The summed E-state index contributed by atoms with van der Waals surface area (Å²) in [5, 5.41) is 2.50. The Balaban J connectivity index is 2.20. The van der Waals surface area contributed by atoms with E-state index in [-0.39, 0.29) is 11.0 Å². The molecule has 0 saturated carbocycles. The number of anilines is 2. The highest BCUT2D eigenvalue weighted by molar-refractivity contribution is 6.03. The highest BCUT2D eigenvalue weighted by atomic mass is 16.2. The van der Waals surface area contributed by atoms with Crippen LogP contribution in [0.15, 0.2) is 41.6 Å². The van der Waals surface area contributed by atoms with Gasteiger partial charge in [0, 0.05) is 18.5 Å². The van der Waals surface area contributed by atoms with Gasteiger partial charge in [-0.15, -0.1) is 0 Å². The van der Waals surface area contributed by atoms with Gasteiger partial charge in [0.15, 0.2) is 5.43 Å². The van der Waals surface area contributed by atoms with Crippen LogP contribution in [0, 0.1) is 0 Å². The number of rotatable bonds is 2. The van der Waals surface area contributed by atoms with Gasteiger partial charge in [0.05, 0.1) is 11.9 Å². The van der Waals surface area contributed by atoms with Gasteiger partial charge in [-0.05, 0) is 12.1 Å². The largest absolute Gasteiger partial charge is 0.397 e. The minimum absolute atomic E-state index is 0.0334. The lowest BCUT2D eigenvalue weighted by atomic mass is 10.2. The SMILES string of the molecule is Nc1ccc(NC(=O)c2c[nH]ccc2=O)nc1. The van der Waals surface area contributed by atoms with E-state index in [1.54, 1.807) is 12.1 Å². The van der Waals surface area contributed by atoms with Crippen molar-refractivity contribution >= 4 is 17.4 Å². The lowest BCUT2D eigenvalue weighted by Gasteiger charge is -2.03. The number of amides is 1. The van der Waals surface area contributed by atoms with Crippen LogP contribution in [0.25, 0.3) is 0 Å². The Labute approximate surface area is 96.5 Å². The average Bonchev–Trinajstić information content (AvgIpc) is 2.32. The minimum Gasteiger partial charge on any atom is -0.397 e. The molecule has 2 rings (SSSR count). The maximum Gasteiger partial charge on any atom is 0.262 e. The molecule has 0 aliphatic carbocycles. The number of H-pyrrole nitrogens is 1. The Hall–Kier alpha value is -2.63. The topological polar surface area (TPSA) is 101 Å². The maximum absolute atomic E-state index is 11.7. The van der Waals surface area contributed by atoms with Crippen LogP contribution in [0.5, 0.6) is 0 Å². The molecule has 0 aliphatic heterocycles. The molecular formula is C11H10N4O2. The van der Waals surface area contributed by atoms with Crippen molar-refractivity contribution in [2.45, 2.75) is 0 Å². The number of aromatic amines is 1. The van der Waals surface area contributed by atoms with Crippen LogP contribution in [-0.2, 0) is 0 Å². The van der Waals surface area contributed by atoms with E-state index >= 15 is 0 Å². The van der Waals surface area contributed by atoms with Gasteiger partial charge >= 0.3 is 0 Å². The molecule has 1 amide bonds. The molecule has 0 unspecified atom stereocenters. The third-order valence-electron chi connectivity index (χ3n) is 2.10. The third kappa shape index (κ3) is 2.49. The fourth-order valence-corrected chi connectivity index (χ4v) is 1.26. The van der Waals surface area contributed by atoms with Gasteiger partial charge in [0.1, 0.15) is 11.4 Å². The smallest absolute Gasteiger partial charge is 0.262 e. The first-order chi connectivity index (χ1) is 8.16. The third-order valence-corrected chi connectivity index (χ3v) is 2.10. The van der Waals surface area contributed by atoms with Crippen LogP contribution in [0.2, 0.25) is 0 Å². The fraction of sp³-hybridized carbons (Fsp3) is 0. The van der Waals surface area contributed by atoms with Crippen molar-refractivity contribution in [2.75, 3.05) is 11.1 Å². The Kier molecular flexibility index (Phi) is 2.87. The molecule has 86 valence electrons. The highest BCUT2D eigenvalue weighted by Crippen LogP contribution is 2.06. The van der Waals surface area contributed by atoms with Gasteiger partial charge in [-0.25, -0.2) is 4.98 Å². The van der Waals surface area contributed by atoms with Gasteiger partial charge in [-0.1, -0.05) is 0 Å². The second-order valence-electron chi connectivity index (χ2n) is 3.35. The van der Waals surface area contributed by atoms with E-state index in [2.05, 4.69) is 15.3 Å². The first-order valence-electron chi connectivity index (χ1n) is 4.87. The normalized spacial score (nSPS) is 9.88. The molecule has 0 aliphatic rings. The number of nitrogen functional groups attached to an aromatic ring is 1. The van der Waals surface area contributed by atoms with Crippen molar-refractivity contribution in [3.8, 4) is 0 Å². The van der Waals surface area contributed by atoms with Gasteiger partial charge in [0.2, 0.25) is 0 Å².